The van der Waals surface area contributed by atoms with Crippen LogP contribution in [0.1, 0.15) is 42.2 Å². The van der Waals surface area contributed by atoms with Gasteiger partial charge in [0, 0.05) is 6.54 Å². The topological polar surface area (TPSA) is 21.3 Å². The first-order chi connectivity index (χ1) is 10.4. The van der Waals surface area contributed by atoms with Crippen molar-refractivity contribution in [2.75, 3.05) is 13.2 Å². The molecule has 0 amide bonds. The average molecular weight is 281 g/mol. The number of hydrogen-bond acceptors (Lipinski definition) is 2. The highest BCUT2D eigenvalue weighted by atomic mass is 16.5. The fourth-order valence-corrected chi connectivity index (χ4v) is 2.88. The second-order valence-corrected chi connectivity index (χ2v) is 5.69. The van der Waals surface area contributed by atoms with Crippen molar-refractivity contribution in [3.63, 3.8) is 0 Å². The van der Waals surface area contributed by atoms with Crippen molar-refractivity contribution >= 4 is 0 Å². The summed E-state index contributed by atoms with van der Waals surface area (Å²) in [5, 5.41) is 3.60. The Hall–Kier alpha value is -1.64. The van der Waals surface area contributed by atoms with E-state index in [0.29, 0.717) is 6.04 Å². The number of hydrogen-bond donors (Lipinski definition) is 1. The van der Waals surface area contributed by atoms with Gasteiger partial charge in [-0.3, -0.25) is 0 Å². The van der Waals surface area contributed by atoms with Gasteiger partial charge >= 0.3 is 0 Å². The lowest BCUT2D eigenvalue weighted by atomic mass is 10.0. The molecule has 1 N–H and O–H groups in total. The van der Waals surface area contributed by atoms with Crippen molar-refractivity contribution in [1.82, 2.24) is 5.32 Å². The predicted molar refractivity (Wildman–Crippen MR) is 86.3 cm³/mol. The highest BCUT2D eigenvalue weighted by Crippen LogP contribution is 2.25. The van der Waals surface area contributed by atoms with Gasteiger partial charge in [-0.2, -0.15) is 0 Å². The molecular formula is C19H23NO. The lowest BCUT2D eigenvalue weighted by Crippen LogP contribution is -2.36. The standard InChI is InChI=1S/C19H23NO/c1-2-6-15-9-11-17(12-10-15)19-13-20-18(14-21-19)16-7-4-3-5-8-16/h3-5,7-12,18-20H,2,6,13-14H2,1H3. The van der Waals surface area contributed by atoms with Crippen LogP contribution in [-0.4, -0.2) is 13.2 Å². The molecule has 1 saturated heterocycles. The molecule has 0 saturated carbocycles. The van der Waals surface area contributed by atoms with Gasteiger partial charge in [-0.05, 0) is 23.1 Å². The molecule has 2 atom stereocenters. The second-order valence-electron chi connectivity index (χ2n) is 5.69. The van der Waals surface area contributed by atoms with Gasteiger partial charge in [0.1, 0.15) is 0 Å². The SMILES string of the molecule is CCCc1ccc(C2CNC(c3ccccc3)CO2)cc1. The summed E-state index contributed by atoms with van der Waals surface area (Å²) in [5.41, 5.74) is 3.98. The molecule has 2 unspecified atom stereocenters. The molecule has 21 heavy (non-hydrogen) atoms. The van der Waals surface area contributed by atoms with Crippen LogP contribution in [0, 0.1) is 0 Å². The van der Waals surface area contributed by atoms with Crippen molar-refractivity contribution in [1.29, 1.82) is 0 Å². The van der Waals surface area contributed by atoms with E-state index >= 15 is 0 Å². The summed E-state index contributed by atoms with van der Waals surface area (Å²) >= 11 is 0. The van der Waals surface area contributed by atoms with E-state index < -0.39 is 0 Å². The van der Waals surface area contributed by atoms with E-state index in [1.54, 1.807) is 0 Å². The Morgan fingerprint density at radius 2 is 1.76 bits per heavy atom. The maximum absolute atomic E-state index is 6.07. The first kappa shape index (κ1) is 14.3. The van der Waals surface area contributed by atoms with Crippen LogP contribution < -0.4 is 5.32 Å². The zero-order chi connectivity index (χ0) is 14.5. The number of benzene rings is 2. The molecular weight excluding hydrogens is 258 g/mol. The Kier molecular flexibility index (Phi) is 4.69. The Bertz CT molecular complexity index is 542. The zero-order valence-corrected chi connectivity index (χ0v) is 12.6. The largest absolute Gasteiger partial charge is 0.370 e. The van der Waals surface area contributed by atoms with Crippen LogP contribution in [0.2, 0.25) is 0 Å². The fourth-order valence-electron chi connectivity index (χ4n) is 2.88. The van der Waals surface area contributed by atoms with Crippen LogP contribution in [0.15, 0.2) is 54.6 Å². The highest BCUT2D eigenvalue weighted by molar-refractivity contribution is 5.26. The van der Waals surface area contributed by atoms with Gasteiger partial charge in [0.2, 0.25) is 0 Å². The Morgan fingerprint density at radius 3 is 2.38 bits per heavy atom. The molecule has 2 aromatic rings. The van der Waals surface area contributed by atoms with Gasteiger partial charge in [0.05, 0.1) is 18.8 Å². The summed E-state index contributed by atoms with van der Waals surface area (Å²) in [6, 6.07) is 19.7. The summed E-state index contributed by atoms with van der Waals surface area (Å²) < 4.78 is 6.07. The van der Waals surface area contributed by atoms with Gasteiger partial charge in [-0.1, -0.05) is 67.9 Å². The summed E-state index contributed by atoms with van der Waals surface area (Å²) in [6.07, 6.45) is 2.51. The van der Waals surface area contributed by atoms with Crippen LogP contribution in [0.4, 0.5) is 0 Å². The molecule has 1 heterocycles. The number of aryl methyl sites for hydroxylation is 1. The first-order valence-corrected chi connectivity index (χ1v) is 7.85. The van der Waals surface area contributed by atoms with Crippen LogP contribution in [0.5, 0.6) is 0 Å². The number of nitrogens with one attached hydrogen (secondary N) is 1. The highest BCUT2D eigenvalue weighted by Gasteiger charge is 2.23. The lowest BCUT2D eigenvalue weighted by Gasteiger charge is -2.31. The molecule has 0 aliphatic carbocycles. The summed E-state index contributed by atoms with van der Waals surface area (Å²) in [5.74, 6) is 0. The molecule has 0 spiro atoms. The number of ether oxygens (including phenoxy) is 1. The van der Waals surface area contributed by atoms with E-state index in [2.05, 4.69) is 60.8 Å². The molecule has 1 aliphatic rings. The van der Waals surface area contributed by atoms with E-state index in [-0.39, 0.29) is 6.10 Å². The Labute approximate surface area is 127 Å². The minimum Gasteiger partial charge on any atom is -0.370 e. The van der Waals surface area contributed by atoms with Gasteiger partial charge in [-0.25, -0.2) is 0 Å². The van der Waals surface area contributed by atoms with Gasteiger partial charge in [0.15, 0.2) is 0 Å². The minimum atomic E-state index is 0.167. The molecule has 0 bridgehead atoms. The monoisotopic (exact) mass is 281 g/mol. The van der Waals surface area contributed by atoms with E-state index in [1.165, 1.54) is 23.1 Å². The quantitative estimate of drug-likeness (QED) is 0.913. The van der Waals surface area contributed by atoms with E-state index in [1.807, 2.05) is 6.07 Å². The lowest BCUT2D eigenvalue weighted by molar-refractivity contribution is 0.00237. The van der Waals surface area contributed by atoms with Gasteiger partial charge in [0.25, 0.3) is 0 Å². The van der Waals surface area contributed by atoms with Crippen molar-refractivity contribution in [3.05, 3.63) is 71.3 Å². The third kappa shape index (κ3) is 3.52. The van der Waals surface area contributed by atoms with Crippen LogP contribution in [0.25, 0.3) is 0 Å². The Morgan fingerprint density at radius 1 is 1.00 bits per heavy atom. The summed E-state index contributed by atoms with van der Waals surface area (Å²) in [4.78, 5) is 0. The molecule has 2 aromatic carbocycles. The zero-order valence-electron chi connectivity index (χ0n) is 12.6. The molecule has 0 radical (unpaired) electrons. The third-order valence-corrected chi connectivity index (χ3v) is 4.11. The molecule has 1 aliphatic heterocycles. The minimum absolute atomic E-state index is 0.167. The molecule has 3 rings (SSSR count). The van der Waals surface area contributed by atoms with E-state index in [9.17, 15) is 0 Å². The average Bonchev–Trinajstić information content (AvgIpc) is 2.57. The van der Waals surface area contributed by atoms with Crippen molar-refractivity contribution in [2.24, 2.45) is 0 Å². The van der Waals surface area contributed by atoms with Crippen LogP contribution >= 0.6 is 0 Å². The van der Waals surface area contributed by atoms with Crippen molar-refractivity contribution in [3.8, 4) is 0 Å². The Balaban J connectivity index is 1.60. The van der Waals surface area contributed by atoms with E-state index in [4.69, 9.17) is 4.74 Å². The molecule has 2 nitrogen and oxygen atoms in total. The fraction of sp³-hybridized carbons (Fsp3) is 0.368. The van der Waals surface area contributed by atoms with Crippen LogP contribution in [0.3, 0.4) is 0 Å². The summed E-state index contributed by atoms with van der Waals surface area (Å²) in [6.45, 7) is 3.81. The van der Waals surface area contributed by atoms with Crippen molar-refractivity contribution < 1.29 is 4.74 Å². The summed E-state index contributed by atoms with van der Waals surface area (Å²) in [7, 11) is 0. The van der Waals surface area contributed by atoms with Crippen LogP contribution in [-0.2, 0) is 11.2 Å². The molecule has 1 fully saturated rings. The van der Waals surface area contributed by atoms with Crippen molar-refractivity contribution in [2.45, 2.75) is 31.9 Å². The predicted octanol–water partition coefficient (Wildman–Crippen LogP) is 4.04. The molecule has 0 aromatic heterocycles. The smallest absolute Gasteiger partial charge is 0.0950 e. The van der Waals surface area contributed by atoms with Gasteiger partial charge in [-0.15, -0.1) is 0 Å². The normalized spacial score (nSPS) is 22.1. The maximum Gasteiger partial charge on any atom is 0.0950 e. The van der Waals surface area contributed by atoms with Gasteiger partial charge < -0.3 is 10.1 Å². The number of morpholine rings is 1. The van der Waals surface area contributed by atoms with E-state index in [0.717, 1.165) is 19.6 Å². The maximum atomic E-state index is 6.07. The first-order valence-electron chi connectivity index (χ1n) is 7.85. The third-order valence-electron chi connectivity index (χ3n) is 4.11. The molecule has 110 valence electrons. The molecule has 2 heteroatoms. The second kappa shape index (κ2) is 6.88. The number of rotatable bonds is 4.